The van der Waals surface area contributed by atoms with Gasteiger partial charge in [0.15, 0.2) is 0 Å². The van der Waals surface area contributed by atoms with Gasteiger partial charge in [-0.2, -0.15) is 0 Å². The zero-order chi connectivity index (χ0) is 23.2. The first-order chi connectivity index (χ1) is 16.0. The molecule has 0 radical (unpaired) electrons. The summed E-state index contributed by atoms with van der Waals surface area (Å²) in [6.45, 7) is 4.38. The van der Waals surface area contributed by atoms with Gasteiger partial charge in [0, 0.05) is 33.6 Å². The van der Waals surface area contributed by atoms with Gasteiger partial charge in [-0.25, -0.2) is 4.98 Å². The van der Waals surface area contributed by atoms with E-state index in [1.807, 2.05) is 68.4 Å². The first-order valence-electron chi connectivity index (χ1n) is 10.8. The minimum Gasteiger partial charge on any atom is -0.494 e. The van der Waals surface area contributed by atoms with Gasteiger partial charge >= 0.3 is 0 Å². The second kappa shape index (κ2) is 10.6. The molecule has 1 N–H and O–H groups in total. The summed E-state index contributed by atoms with van der Waals surface area (Å²) in [5.41, 5.74) is 5.81. The van der Waals surface area contributed by atoms with Crippen LogP contribution in [0.15, 0.2) is 72.1 Å². The van der Waals surface area contributed by atoms with Crippen LogP contribution < -0.4 is 10.1 Å². The standard InChI is InChI=1S/C27H25ClN2O2S/c1-18-15-23(16-19(2)26(18)28)32-14-6-9-25(31)29-22-12-10-20(11-13-22)24-17-33-27(30-24)21-7-4-3-5-8-21/h3-5,7-8,10-13,15-17H,6,9,14H2,1-2H3,(H,29,31). The van der Waals surface area contributed by atoms with Crippen LogP contribution in [0.1, 0.15) is 24.0 Å². The molecule has 0 fully saturated rings. The molecule has 0 bridgehead atoms. The molecule has 0 aliphatic rings. The molecule has 4 nitrogen and oxygen atoms in total. The van der Waals surface area contributed by atoms with E-state index in [1.165, 1.54) is 0 Å². The molecular weight excluding hydrogens is 452 g/mol. The van der Waals surface area contributed by atoms with Crippen molar-refractivity contribution >= 4 is 34.5 Å². The van der Waals surface area contributed by atoms with Crippen LogP contribution in [0.5, 0.6) is 5.75 Å². The molecule has 0 aliphatic heterocycles. The topological polar surface area (TPSA) is 51.2 Å². The number of amides is 1. The van der Waals surface area contributed by atoms with E-state index in [0.29, 0.717) is 19.4 Å². The molecule has 0 spiro atoms. The van der Waals surface area contributed by atoms with Crippen molar-refractivity contribution in [3.8, 4) is 27.6 Å². The minimum atomic E-state index is -0.0326. The third-order valence-corrected chi connectivity index (χ3v) is 6.70. The highest BCUT2D eigenvalue weighted by Crippen LogP contribution is 2.29. The first-order valence-corrected chi connectivity index (χ1v) is 12.1. The number of anilines is 1. The van der Waals surface area contributed by atoms with Gasteiger partial charge < -0.3 is 10.1 Å². The predicted octanol–water partition coefficient (Wildman–Crippen LogP) is 7.55. The summed E-state index contributed by atoms with van der Waals surface area (Å²) in [6, 6.07) is 21.8. The molecule has 0 unspecified atom stereocenters. The molecule has 1 aromatic heterocycles. The number of aryl methyl sites for hydroxylation is 2. The van der Waals surface area contributed by atoms with E-state index in [1.54, 1.807) is 11.3 Å². The average Bonchev–Trinajstić information content (AvgIpc) is 3.32. The molecule has 168 valence electrons. The molecule has 0 saturated heterocycles. The highest BCUT2D eigenvalue weighted by atomic mass is 35.5. The number of benzene rings is 3. The molecule has 1 heterocycles. The molecule has 0 atom stereocenters. The monoisotopic (exact) mass is 476 g/mol. The number of nitrogens with zero attached hydrogens (tertiary/aromatic N) is 1. The van der Waals surface area contributed by atoms with Crippen molar-refractivity contribution in [2.75, 3.05) is 11.9 Å². The van der Waals surface area contributed by atoms with Crippen LogP contribution in [-0.4, -0.2) is 17.5 Å². The Morgan fingerprint density at radius 2 is 1.70 bits per heavy atom. The van der Waals surface area contributed by atoms with Crippen LogP contribution in [0.2, 0.25) is 5.02 Å². The van der Waals surface area contributed by atoms with Crippen molar-refractivity contribution in [2.24, 2.45) is 0 Å². The van der Waals surface area contributed by atoms with Gasteiger partial charge in [-0.05, 0) is 55.7 Å². The lowest BCUT2D eigenvalue weighted by Gasteiger charge is -2.10. The number of ether oxygens (including phenoxy) is 1. The smallest absolute Gasteiger partial charge is 0.224 e. The molecule has 1 amide bonds. The molecule has 6 heteroatoms. The van der Waals surface area contributed by atoms with Gasteiger partial charge in [-0.3, -0.25) is 4.79 Å². The van der Waals surface area contributed by atoms with Crippen LogP contribution in [-0.2, 0) is 4.79 Å². The number of hydrogen-bond acceptors (Lipinski definition) is 4. The van der Waals surface area contributed by atoms with Crippen LogP contribution in [0.4, 0.5) is 5.69 Å². The maximum Gasteiger partial charge on any atom is 0.224 e. The zero-order valence-electron chi connectivity index (χ0n) is 18.6. The van der Waals surface area contributed by atoms with Crippen LogP contribution in [0.25, 0.3) is 21.8 Å². The Morgan fingerprint density at radius 1 is 1.00 bits per heavy atom. The number of hydrogen-bond donors (Lipinski definition) is 1. The van der Waals surface area contributed by atoms with Gasteiger partial charge in [0.1, 0.15) is 10.8 Å². The molecule has 3 aromatic carbocycles. The van der Waals surface area contributed by atoms with Crippen molar-refractivity contribution in [1.29, 1.82) is 0 Å². The second-order valence-electron chi connectivity index (χ2n) is 7.85. The number of thiazole rings is 1. The largest absolute Gasteiger partial charge is 0.494 e. The van der Waals surface area contributed by atoms with E-state index >= 15 is 0 Å². The van der Waals surface area contributed by atoms with Crippen molar-refractivity contribution < 1.29 is 9.53 Å². The summed E-state index contributed by atoms with van der Waals surface area (Å²) < 4.78 is 5.78. The van der Waals surface area contributed by atoms with E-state index in [0.717, 1.165) is 49.4 Å². The number of aromatic nitrogens is 1. The predicted molar refractivity (Wildman–Crippen MR) is 137 cm³/mol. The molecular formula is C27H25ClN2O2S. The Morgan fingerprint density at radius 3 is 2.39 bits per heavy atom. The fourth-order valence-electron chi connectivity index (χ4n) is 3.48. The SMILES string of the molecule is Cc1cc(OCCCC(=O)Nc2ccc(-c3csc(-c4ccccc4)n3)cc2)cc(C)c1Cl. The molecule has 0 aliphatic carbocycles. The van der Waals surface area contributed by atoms with E-state index < -0.39 is 0 Å². The number of carbonyl (C=O) groups is 1. The summed E-state index contributed by atoms with van der Waals surface area (Å²) in [6.07, 6.45) is 1.02. The third kappa shape index (κ3) is 6.01. The number of carbonyl (C=O) groups excluding carboxylic acids is 1. The maximum atomic E-state index is 12.3. The lowest BCUT2D eigenvalue weighted by Crippen LogP contribution is -2.12. The maximum absolute atomic E-state index is 12.3. The van der Waals surface area contributed by atoms with Gasteiger partial charge in [-0.15, -0.1) is 11.3 Å². The van der Waals surface area contributed by atoms with Crippen molar-refractivity contribution in [3.63, 3.8) is 0 Å². The number of rotatable bonds is 8. The van der Waals surface area contributed by atoms with Gasteiger partial charge in [0.2, 0.25) is 5.91 Å². The van der Waals surface area contributed by atoms with E-state index in [4.69, 9.17) is 21.3 Å². The fourth-order valence-corrected chi connectivity index (χ4v) is 4.42. The average molecular weight is 477 g/mol. The third-order valence-electron chi connectivity index (χ3n) is 5.22. The molecule has 33 heavy (non-hydrogen) atoms. The fraction of sp³-hybridized carbons (Fsp3) is 0.185. The van der Waals surface area contributed by atoms with Crippen molar-refractivity contribution in [3.05, 3.63) is 88.3 Å². The van der Waals surface area contributed by atoms with Crippen LogP contribution in [0.3, 0.4) is 0 Å². The lowest BCUT2D eigenvalue weighted by molar-refractivity contribution is -0.116. The lowest BCUT2D eigenvalue weighted by atomic mass is 10.1. The molecule has 0 saturated carbocycles. The van der Waals surface area contributed by atoms with Crippen molar-refractivity contribution in [1.82, 2.24) is 4.98 Å². The van der Waals surface area contributed by atoms with E-state index in [9.17, 15) is 4.79 Å². The number of halogens is 1. The molecule has 4 aromatic rings. The Labute approximate surface area is 203 Å². The highest BCUT2D eigenvalue weighted by Gasteiger charge is 2.08. The quantitative estimate of drug-likeness (QED) is 0.267. The van der Waals surface area contributed by atoms with Crippen LogP contribution >= 0.6 is 22.9 Å². The molecule has 4 rings (SSSR count). The summed E-state index contributed by atoms with van der Waals surface area (Å²) in [7, 11) is 0. The van der Waals surface area contributed by atoms with E-state index in [-0.39, 0.29) is 5.91 Å². The van der Waals surface area contributed by atoms with Crippen LogP contribution in [0, 0.1) is 13.8 Å². The highest BCUT2D eigenvalue weighted by molar-refractivity contribution is 7.13. The van der Waals surface area contributed by atoms with Gasteiger partial charge in [0.25, 0.3) is 0 Å². The minimum absolute atomic E-state index is 0.0326. The first kappa shape index (κ1) is 23.0. The second-order valence-corrected chi connectivity index (χ2v) is 9.09. The summed E-state index contributed by atoms with van der Waals surface area (Å²) in [5.74, 6) is 0.748. The van der Waals surface area contributed by atoms with E-state index in [2.05, 4.69) is 22.8 Å². The Kier molecular flexibility index (Phi) is 7.43. The normalized spacial score (nSPS) is 10.8. The summed E-state index contributed by atoms with van der Waals surface area (Å²) in [4.78, 5) is 17.0. The Bertz CT molecular complexity index is 1210. The number of nitrogens with one attached hydrogen (secondary N) is 1. The van der Waals surface area contributed by atoms with Gasteiger partial charge in [0.05, 0.1) is 12.3 Å². The summed E-state index contributed by atoms with van der Waals surface area (Å²) >= 11 is 7.81. The zero-order valence-corrected chi connectivity index (χ0v) is 20.2. The van der Waals surface area contributed by atoms with Gasteiger partial charge in [-0.1, -0.05) is 54.1 Å². The Balaban J connectivity index is 1.26. The van der Waals surface area contributed by atoms with Crippen molar-refractivity contribution in [2.45, 2.75) is 26.7 Å². The Hall–Kier alpha value is -3.15. The summed E-state index contributed by atoms with van der Waals surface area (Å²) in [5, 5.41) is 6.76.